The van der Waals surface area contributed by atoms with Gasteiger partial charge in [0.05, 0.1) is 16.9 Å². The lowest BCUT2D eigenvalue weighted by Gasteiger charge is -2.09. The zero-order chi connectivity index (χ0) is 18.1. The summed E-state index contributed by atoms with van der Waals surface area (Å²) in [6.07, 6.45) is 2.50. The molecule has 130 valence electrons. The first kappa shape index (κ1) is 17.1. The first-order chi connectivity index (χ1) is 11.8. The number of rotatable bonds is 4. The Morgan fingerprint density at radius 3 is 2.80 bits per heavy atom. The Morgan fingerprint density at radius 1 is 1.32 bits per heavy atom. The number of nitrogens with zero attached hydrogens (tertiary/aromatic N) is 4. The molecule has 2 aromatic rings. The molecule has 2 amide bonds. The molecule has 0 unspecified atom stereocenters. The van der Waals surface area contributed by atoms with E-state index in [9.17, 15) is 14.4 Å². The zero-order valence-electron chi connectivity index (χ0n) is 13.7. The number of fused-ring (bicyclic) bond motifs is 1. The zero-order valence-corrected chi connectivity index (χ0v) is 14.5. The number of halogens is 1. The second-order valence-corrected chi connectivity index (χ2v) is 6.36. The molecule has 0 spiro atoms. The Balaban J connectivity index is 1.75. The minimum Gasteiger partial charge on any atom is -0.347 e. The summed E-state index contributed by atoms with van der Waals surface area (Å²) in [5.74, 6) is -0.650. The van der Waals surface area contributed by atoms with Crippen LogP contribution in [0.25, 0.3) is 0 Å². The lowest BCUT2D eigenvalue weighted by molar-refractivity contribution is -0.129. The van der Waals surface area contributed by atoms with Gasteiger partial charge in [-0.25, -0.2) is 4.68 Å². The van der Waals surface area contributed by atoms with E-state index in [1.54, 1.807) is 26.2 Å². The molecule has 1 aliphatic carbocycles. The maximum absolute atomic E-state index is 12.3. The van der Waals surface area contributed by atoms with Crippen molar-refractivity contribution >= 4 is 34.9 Å². The van der Waals surface area contributed by atoms with Gasteiger partial charge in [-0.1, -0.05) is 16.8 Å². The van der Waals surface area contributed by atoms with Crippen LogP contribution >= 0.6 is 11.6 Å². The van der Waals surface area contributed by atoms with Gasteiger partial charge >= 0.3 is 0 Å². The van der Waals surface area contributed by atoms with Crippen LogP contribution < -0.4 is 5.32 Å². The van der Waals surface area contributed by atoms with Gasteiger partial charge in [-0.05, 0) is 24.1 Å². The Hall–Kier alpha value is -2.74. The maximum Gasteiger partial charge on any atom is 0.277 e. The van der Waals surface area contributed by atoms with E-state index in [4.69, 9.17) is 11.6 Å². The van der Waals surface area contributed by atoms with Gasteiger partial charge in [0, 0.05) is 26.1 Å². The second kappa shape index (κ2) is 6.64. The maximum atomic E-state index is 12.3. The molecule has 3 rings (SSSR count). The van der Waals surface area contributed by atoms with Gasteiger partial charge in [-0.2, -0.15) is 0 Å². The molecule has 1 aromatic heterocycles. The predicted molar refractivity (Wildman–Crippen MR) is 90.8 cm³/mol. The van der Waals surface area contributed by atoms with Crippen molar-refractivity contribution in [2.24, 2.45) is 0 Å². The number of nitrogens with one attached hydrogen (secondary N) is 1. The van der Waals surface area contributed by atoms with E-state index in [-0.39, 0.29) is 23.9 Å². The molecule has 25 heavy (non-hydrogen) atoms. The highest BCUT2D eigenvalue weighted by Crippen LogP contribution is 2.31. The fraction of sp³-hybridized carbons (Fsp3) is 0.312. The molecule has 0 saturated heterocycles. The standard InChI is InChI=1S/C16H16ClN5O3/c1-21(2)15(24)8-22-7-13(19-20-22)16(25)18-12-6-10-9(5-11(12)17)3-4-14(10)23/h5-7H,3-4,8H2,1-2H3,(H,18,25). The summed E-state index contributed by atoms with van der Waals surface area (Å²) in [4.78, 5) is 37.2. The summed E-state index contributed by atoms with van der Waals surface area (Å²) in [6.45, 7) is -0.0125. The highest BCUT2D eigenvalue weighted by atomic mass is 35.5. The van der Waals surface area contributed by atoms with Crippen molar-refractivity contribution in [2.45, 2.75) is 19.4 Å². The third-order valence-electron chi connectivity index (χ3n) is 3.93. The SMILES string of the molecule is CN(C)C(=O)Cn1cc(C(=O)Nc2cc3c(cc2Cl)CCC3=O)nn1. The molecule has 1 aliphatic rings. The van der Waals surface area contributed by atoms with E-state index in [0.29, 0.717) is 29.1 Å². The summed E-state index contributed by atoms with van der Waals surface area (Å²) >= 11 is 6.18. The Morgan fingerprint density at radius 2 is 2.08 bits per heavy atom. The van der Waals surface area contributed by atoms with Gasteiger partial charge in [-0.3, -0.25) is 14.4 Å². The van der Waals surface area contributed by atoms with Gasteiger partial charge in [-0.15, -0.1) is 5.10 Å². The van der Waals surface area contributed by atoms with Gasteiger partial charge < -0.3 is 10.2 Å². The first-order valence-electron chi connectivity index (χ1n) is 7.62. The fourth-order valence-corrected chi connectivity index (χ4v) is 2.74. The van der Waals surface area contributed by atoms with Crippen molar-refractivity contribution < 1.29 is 14.4 Å². The van der Waals surface area contributed by atoms with Crippen molar-refractivity contribution in [3.8, 4) is 0 Å². The number of hydrogen-bond donors (Lipinski definition) is 1. The Bertz CT molecular complexity index is 875. The van der Waals surface area contributed by atoms with Crippen LogP contribution in [0.1, 0.15) is 32.8 Å². The van der Waals surface area contributed by atoms with Gasteiger partial charge in [0.2, 0.25) is 5.91 Å². The normalized spacial score (nSPS) is 12.8. The van der Waals surface area contributed by atoms with E-state index in [0.717, 1.165) is 5.56 Å². The van der Waals surface area contributed by atoms with E-state index >= 15 is 0 Å². The predicted octanol–water partition coefficient (Wildman–Crippen LogP) is 1.40. The molecular formula is C16H16ClN5O3. The van der Waals surface area contributed by atoms with Crippen molar-refractivity contribution in [2.75, 3.05) is 19.4 Å². The third kappa shape index (κ3) is 3.53. The van der Waals surface area contributed by atoms with Crippen LogP contribution in [0.15, 0.2) is 18.3 Å². The second-order valence-electron chi connectivity index (χ2n) is 5.96. The molecule has 0 aliphatic heterocycles. The molecule has 0 atom stereocenters. The van der Waals surface area contributed by atoms with Gasteiger partial charge in [0.15, 0.2) is 11.5 Å². The lowest BCUT2D eigenvalue weighted by atomic mass is 10.1. The Labute approximate surface area is 148 Å². The number of likely N-dealkylation sites (N-methyl/N-ethyl adjacent to an activating group) is 1. The summed E-state index contributed by atoms with van der Waals surface area (Å²) in [7, 11) is 3.26. The fourth-order valence-electron chi connectivity index (χ4n) is 2.51. The number of amides is 2. The van der Waals surface area contributed by atoms with Crippen molar-refractivity contribution in [1.29, 1.82) is 0 Å². The summed E-state index contributed by atoms with van der Waals surface area (Å²) in [6, 6.07) is 3.29. The first-order valence-corrected chi connectivity index (χ1v) is 8.00. The quantitative estimate of drug-likeness (QED) is 0.887. The topological polar surface area (TPSA) is 97.2 Å². The molecule has 1 heterocycles. The number of hydrogen-bond acceptors (Lipinski definition) is 5. The van der Waals surface area contributed by atoms with Crippen LogP contribution in [-0.4, -0.2) is 51.6 Å². The summed E-state index contributed by atoms with van der Waals surface area (Å²) in [5.41, 5.74) is 1.87. The van der Waals surface area contributed by atoms with E-state index in [1.807, 2.05) is 0 Å². The average molecular weight is 362 g/mol. The molecule has 0 saturated carbocycles. The number of Topliss-reactive ketones (excluding diaryl/α,β-unsaturated/α-hetero) is 1. The molecule has 0 radical (unpaired) electrons. The van der Waals surface area contributed by atoms with Crippen LogP contribution in [0, 0.1) is 0 Å². The van der Waals surface area contributed by atoms with Gasteiger partial charge in [0.25, 0.3) is 5.91 Å². The average Bonchev–Trinajstić information content (AvgIpc) is 3.15. The molecule has 1 aromatic carbocycles. The number of benzene rings is 1. The van der Waals surface area contributed by atoms with E-state index in [2.05, 4.69) is 15.6 Å². The van der Waals surface area contributed by atoms with Crippen molar-refractivity contribution in [3.63, 3.8) is 0 Å². The minimum absolute atomic E-state index is 0.0125. The van der Waals surface area contributed by atoms with Crippen LogP contribution in [0.3, 0.4) is 0 Å². The number of aryl methyl sites for hydroxylation is 1. The van der Waals surface area contributed by atoms with E-state index < -0.39 is 5.91 Å². The molecular weight excluding hydrogens is 346 g/mol. The molecule has 9 heteroatoms. The number of ketones is 1. The Kier molecular flexibility index (Phi) is 4.54. The molecule has 1 N–H and O–H groups in total. The van der Waals surface area contributed by atoms with Crippen LogP contribution in [0.2, 0.25) is 5.02 Å². The smallest absolute Gasteiger partial charge is 0.277 e. The van der Waals surface area contributed by atoms with Crippen LogP contribution in [-0.2, 0) is 17.8 Å². The number of carbonyl (C=O) groups excluding carboxylic acids is 3. The number of aromatic nitrogens is 3. The van der Waals surface area contributed by atoms with Crippen molar-refractivity contribution in [3.05, 3.63) is 40.2 Å². The number of anilines is 1. The van der Waals surface area contributed by atoms with Gasteiger partial charge in [0.1, 0.15) is 6.54 Å². The lowest BCUT2D eigenvalue weighted by Crippen LogP contribution is -2.26. The largest absolute Gasteiger partial charge is 0.347 e. The summed E-state index contributed by atoms with van der Waals surface area (Å²) in [5, 5.41) is 10.5. The highest BCUT2D eigenvalue weighted by Gasteiger charge is 2.22. The molecule has 8 nitrogen and oxygen atoms in total. The van der Waals surface area contributed by atoms with Crippen molar-refractivity contribution in [1.82, 2.24) is 19.9 Å². The van der Waals surface area contributed by atoms with E-state index in [1.165, 1.54) is 15.8 Å². The molecule has 0 bridgehead atoms. The third-order valence-corrected chi connectivity index (χ3v) is 4.24. The monoisotopic (exact) mass is 361 g/mol. The molecule has 0 fully saturated rings. The summed E-state index contributed by atoms with van der Waals surface area (Å²) < 4.78 is 1.28. The van der Waals surface area contributed by atoms with Crippen LogP contribution in [0.5, 0.6) is 0 Å². The number of carbonyl (C=O) groups is 3. The minimum atomic E-state index is -0.518. The van der Waals surface area contributed by atoms with Crippen LogP contribution in [0.4, 0.5) is 5.69 Å². The highest BCUT2D eigenvalue weighted by molar-refractivity contribution is 6.34.